The first kappa shape index (κ1) is 14.0. The van der Waals surface area contributed by atoms with E-state index in [1.165, 1.54) is 24.8 Å². The number of hydrogen-bond donors (Lipinski definition) is 1. The quantitative estimate of drug-likeness (QED) is 0.908. The van der Waals surface area contributed by atoms with Crippen LogP contribution in [0.4, 0.5) is 5.69 Å². The van der Waals surface area contributed by atoms with Gasteiger partial charge in [0.25, 0.3) is 5.91 Å². The van der Waals surface area contributed by atoms with Gasteiger partial charge in [-0.15, -0.1) is 0 Å². The van der Waals surface area contributed by atoms with Crippen LogP contribution in [-0.2, 0) is 16.1 Å². The molecule has 0 atom stereocenters. The predicted octanol–water partition coefficient (Wildman–Crippen LogP) is 2.02. The van der Waals surface area contributed by atoms with Crippen molar-refractivity contribution in [3.05, 3.63) is 23.8 Å². The summed E-state index contributed by atoms with van der Waals surface area (Å²) >= 11 is 0. The maximum atomic E-state index is 11.4. The zero-order valence-corrected chi connectivity index (χ0v) is 12.8. The van der Waals surface area contributed by atoms with Gasteiger partial charge in [0.05, 0.1) is 18.9 Å². The number of benzene rings is 1. The van der Waals surface area contributed by atoms with Crippen molar-refractivity contribution in [2.45, 2.75) is 25.8 Å². The third-order valence-corrected chi connectivity index (χ3v) is 5.02. The highest BCUT2D eigenvalue weighted by Gasteiger charge is 2.40. The molecule has 1 saturated heterocycles. The lowest BCUT2D eigenvalue weighted by molar-refractivity contribution is -0.118. The summed E-state index contributed by atoms with van der Waals surface area (Å²) < 4.78 is 11.2. The van der Waals surface area contributed by atoms with Gasteiger partial charge in [0.1, 0.15) is 5.75 Å². The Labute approximate surface area is 130 Å². The van der Waals surface area contributed by atoms with Crippen LogP contribution in [0, 0.1) is 5.41 Å². The average molecular weight is 302 g/mol. The highest BCUT2D eigenvalue weighted by atomic mass is 16.5. The highest BCUT2D eigenvalue weighted by molar-refractivity contribution is 5.95. The second-order valence-corrected chi connectivity index (χ2v) is 6.78. The Kier molecular flexibility index (Phi) is 3.54. The van der Waals surface area contributed by atoms with Gasteiger partial charge in [0.2, 0.25) is 0 Å². The van der Waals surface area contributed by atoms with Gasteiger partial charge in [0.15, 0.2) is 6.61 Å². The Morgan fingerprint density at radius 2 is 2.23 bits per heavy atom. The molecule has 1 aromatic rings. The summed E-state index contributed by atoms with van der Waals surface area (Å²) in [4.78, 5) is 13.9. The summed E-state index contributed by atoms with van der Waals surface area (Å²) in [5, 5.41) is 2.88. The number of nitrogens with zero attached hydrogens (tertiary/aromatic N) is 1. The van der Waals surface area contributed by atoms with Crippen molar-refractivity contribution < 1.29 is 14.3 Å². The lowest BCUT2D eigenvalue weighted by Crippen LogP contribution is -2.43. The van der Waals surface area contributed by atoms with Crippen molar-refractivity contribution in [1.82, 2.24) is 4.90 Å². The molecule has 1 aliphatic carbocycles. The number of nitrogens with one attached hydrogen (secondary N) is 1. The molecular weight excluding hydrogens is 280 g/mol. The molecule has 2 heterocycles. The van der Waals surface area contributed by atoms with Gasteiger partial charge >= 0.3 is 0 Å². The van der Waals surface area contributed by atoms with E-state index in [0.29, 0.717) is 5.41 Å². The zero-order valence-electron chi connectivity index (χ0n) is 12.8. The van der Waals surface area contributed by atoms with Crippen molar-refractivity contribution in [1.29, 1.82) is 0 Å². The molecule has 0 unspecified atom stereocenters. The van der Waals surface area contributed by atoms with Gasteiger partial charge < -0.3 is 14.8 Å². The maximum Gasteiger partial charge on any atom is 0.262 e. The first-order chi connectivity index (χ1) is 10.7. The number of amides is 1. The Hall–Kier alpha value is -1.59. The van der Waals surface area contributed by atoms with Crippen molar-refractivity contribution >= 4 is 11.6 Å². The van der Waals surface area contributed by atoms with Crippen LogP contribution in [0.15, 0.2) is 18.2 Å². The van der Waals surface area contributed by atoms with Gasteiger partial charge in [-0.05, 0) is 30.5 Å². The number of carbonyl (C=O) groups is 1. The van der Waals surface area contributed by atoms with Crippen molar-refractivity contribution in [2.24, 2.45) is 5.41 Å². The SMILES string of the molecule is O=C1COc2ccc(CN3CCOCC4(CCC4)C3)cc2N1. The van der Waals surface area contributed by atoms with E-state index in [-0.39, 0.29) is 12.5 Å². The topological polar surface area (TPSA) is 50.8 Å². The van der Waals surface area contributed by atoms with Crippen molar-refractivity contribution in [3.8, 4) is 5.75 Å². The summed E-state index contributed by atoms with van der Waals surface area (Å²) in [6.45, 7) is 4.82. The van der Waals surface area contributed by atoms with Crippen LogP contribution in [0.5, 0.6) is 5.75 Å². The maximum absolute atomic E-state index is 11.4. The van der Waals surface area contributed by atoms with E-state index in [2.05, 4.69) is 16.3 Å². The molecule has 4 rings (SSSR count). The molecule has 1 spiro atoms. The lowest BCUT2D eigenvalue weighted by Gasteiger charge is -2.42. The molecule has 0 bridgehead atoms. The fourth-order valence-corrected chi connectivity index (χ4v) is 3.68. The third-order valence-electron chi connectivity index (χ3n) is 5.02. The first-order valence-corrected chi connectivity index (χ1v) is 8.08. The molecule has 5 nitrogen and oxygen atoms in total. The van der Waals surface area contributed by atoms with Crippen LogP contribution in [0.25, 0.3) is 0 Å². The lowest BCUT2D eigenvalue weighted by atomic mass is 9.69. The minimum Gasteiger partial charge on any atom is -0.482 e. The number of hydrogen-bond acceptors (Lipinski definition) is 4. The number of rotatable bonds is 2. The molecule has 118 valence electrons. The molecule has 1 saturated carbocycles. The normalized spacial score (nSPS) is 23.9. The van der Waals surface area contributed by atoms with E-state index in [1.807, 2.05) is 12.1 Å². The molecule has 5 heteroatoms. The van der Waals surface area contributed by atoms with E-state index >= 15 is 0 Å². The number of carbonyl (C=O) groups excluding carboxylic acids is 1. The van der Waals surface area contributed by atoms with Crippen molar-refractivity contribution in [2.75, 3.05) is 38.2 Å². The molecule has 0 radical (unpaired) electrons. The standard InChI is InChI=1S/C17H22N2O3/c20-16-10-22-15-3-2-13(8-14(15)18-16)9-19-6-7-21-12-17(11-19)4-1-5-17/h2-3,8H,1,4-7,9-12H2,(H,18,20). The largest absolute Gasteiger partial charge is 0.482 e. The number of anilines is 1. The van der Waals surface area contributed by atoms with E-state index in [4.69, 9.17) is 9.47 Å². The van der Waals surface area contributed by atoms with E-state index in [0.717, 1.165) is 44.3 Å². The summed E-state index contributed by atoms with van der Waals surface area (Å²) in [6, 6.07) is 6.08. The molecule has 22 heavy (non-hydrogen) atoms. The Morgan fingerprint density at radius 1 is 1.32 bits per heavy atom. The smallest absolute Gasteiger partial charge is 0.262 e. The number of ether oxygens (including phenoxy) is 2. The number of fused-ring (bicyclic) bond motifs is 1. The zero-order chi connectivity index (χ0) is 15.0. The van der Waals surface area contributed by atoms with Crippen LogP contribution in [0.3, 0.4) is 0 Å². The average Bonchev–Trinajstić information content (AvgIpc) is 2.69. The van der Waals surface area contributed by atoms with Gasteiger partial charge in [0, 0.05) is 25.0 Å². The van der Waals surface area contributed by atoms with Crippen LogP contribution in [0.1, 0.15) is 24.8 Å². The second-order valence-electron chi connectivity index (χ2n) is 6.78. The van der Waals surface area contributed by atoms with Crippen LogP contribution in [0.2, 0.25) is 0 Å². The van der Waals surface area contributed by atoms with Crippen LogP contribution >= 0.6 is 0 Å². The third kappa shape index (κ3) is 2.71. The molecule has 2 fully saturated rings. The molecule has 2 aliphatic heterocycles. The first-order valence-electron chi connectivity index (χ1n) is 8.08. The second kappa shape index (κ2) is 5.56. The predicted molar refractivity (Wildman–Crippen MR) is 82.9 cm³/mol. The molecule has 1 amide bonds. The molecule has 1 aromatic carbocycles. The van der Waals surface area contributed by atoms with Gasteiger partial charge in [-0.2, -0.15) is 0 Å². The molecule has 3 aliphatic rings. The summed E-state index contributed by atoms with van der Waals surface area (Å²) in [5.41, 5.74) is 2.39. The van der Waals surface area contributed by atoms with E-state index in [1.54, 1.807) is 0 Å². The van der Waals surface area contributed by atoms with Crippen LogP contribution < -0.4 is 10.1 Å². The van der Waals surface area contributed by atoms with Gasteiger partial charge in [-0.25, -0.2) is 0 Å². The fraction of sp³-hybridized carbons (Fsp3) is 0.588. The van der Waals surface area contributed by atoms with Gasteiger partial charge in [-0.1, -0.05) is 12.5 Å². The van der Waals surface area contributed by atoms with E-state index in [9.17, 15) is 4.79 Å². The summed E-state index contributed by atoms with van der Waals surface area (Å²) in [7, 11) is 0. The Balaban J connectivity index is 1.48. The van der Waals surface area contributed by atoms with Crippen LogP contribution in [-0.4, -0.2) is 43.7 Å². The molecule has 1 N–H and O–H groups in total. The minimum atomic E-state index is -0.0822. The Bertz CT molecular complexity index is 583. The Morgan fingerprint density at radius 3 is 3.05 bits per heavy atom. The molecular formula is C17H22N2O3. The van der Waals surface area contributed by atoms with E-state index < -0.39 is 0 Å². The minimum absolute atomic E-state index is 0.0822. The fourth-order valence-electron chi connectivity index (χ4n) is 3.68. The highest BCUT2D eigenvalue weighted by Crippen LogP contribution is 2.43. The van der Waals surface area contributed by atoms with Crippen molar-refractivity contribution in [3.63, 3.8) is 0 Å². The summed E-state index contributed by atoms with van der Waals surface area (Å²) in [6.07, 6.45) is 3.91. The summed E-state index contributed by atoms with van der Waals surface area (Å²) in [5.74, 6) is 0.680. The monoisotopic (exact) mass is 302 g/mol. The van der Waals surface area contributed by atoms with Gasteiger partial charge in [-0.3, -0.25) is 9.69 Å². The molecule has 0 aromatic heterocycles.